The molecule has 0 fully saturated rings. The van der Waals surface area contributed by atoms with Gasteiger partial charge in [0.25, 0.3) is 0 Å². The van der Waals surface area contributed by atoms with Gasteiger partial charge in [0.15, 0.2) is 6.10 Å². The van der Waals surface area contributed by atoms with E-state index >= 15 is 0 Å². The van der Waals surface area contributed by atoms with Gasteiger partial charge in [0.2, 0.25) is 0 Å². The van der Waals surface area contributed by atoms with Crippen LogP contribution in [0.1, 0.15) is 187 Å². The summed E-state index contributed by atoms with van der Waals surface area (Å²) in [5, 5.41) is 9.50. The van der Waals surface area contributed by atoms with Crippen LogP contribution in [-0.4, -0.2) is 36.4 Å². The van der Waals surface area contributed by atoms with E-state index in [0.29, 0.717) is 12.8 Å². The summed E-state index contributed by atoms with van der Waals surface area (Å²) in [5.41, 5.74) is 0. The van der Waals surface area contributed by atoms with Crippen LogP contribution in [0.5, 0.6) is 0 Å². The standard InChI is InChI=1S/C36H68O5/c1-3-5-7-9-11-13-15-16-17-18-19-20-21-23-25-27-29-31-36(39)41-34(32-37)33-40-35(38)30-28-26-24-22-14-12-10-8-6-4-2/h16-17,34,37H,3-15,18-33H2,1-2H3/b17-16-. The molecule has 41 heavy (non-hydrogen) atoms. The predicted octanol–water partition coefficient (Wildman–Crippen LogP) is 10.6. The van der Waals surface area contributed by atoms with Crippen LogP contribution in [0.15, 0.2) is 12.2 Å². The van der Waals surface area contributed by atoms with E-state index in [-0.39, 0.29) is 25.2 Å². The van der Waals surface area contributed by atoms with Crippen molar-refractivity contribution in [2.24, 2.45) is 0 Å². The number of rotatable bonds is 32. The molecule has 0 aliphatic carbocycles. The lowest BCUT2D eigenvalue weighted by Crippen LogP contribution is -2.28. The molecule has 0 bridgehead atoms. The lowest BCUT2D eigenvalue weighted by atomic mass is 10.1. The Morgan fingerprint density at radius 2 is 0.902 bits per heavy atom. The van der Waals surface area contributed by atoms with Gasteiger partial charge >= 0.3 is 11.9 Å². The summed E-state index contributed by atoms with van der Waals surface area (Å²) in [5.74, 6) is -0.592. The topological polar surface area (TPSA) is 72.8 Å². The molecule has 0 amide bonds. The normalized spacial score (nSPS) is 12.2. The Bertz CT molecular complexity index is 589. The predicted molar refractivity (Wildman–Crippen MR) is 173 cm³/mol. The summed E-state index contributed by atoms with van der Waals surface area (Å²) in [7, 11) is 0. The van der Waals surface area contributed by atoms with Crippen molar-refractivity contribution in [3.63, 3.8) is 0 Å². The minimum Gasteiger partial charge on any atom is -0.462 e. The number of carbonyl (C=O) groups is 2. The number of aliphatic hydroxyl groups is 1. The van der Waals surface area contributed by atoms with Crippen LogP contribution in [0.4, 0.5) is 0 Å². The molecule has 0 aromatic carbocycles. The number of hydrogen-bond acceptors (Lipinski definition) is 5. The second-order valence-electron chi connectivity index (χ2n) is 12.0. The van der Waals surface area contributed by atoms with E-state index in [1.165, 1.54) is 122 Å². The quantitative estimate of drug-likeness (QED) is 0.0487. The number of hydrogen-bond donors (Lipinski definition) is 1. The molecule has 0 radical (unpaired) electrons. The zero-order valence-corrected chi connectivity index (χ0v) is 27.3. The maximum atomic E-state index is 12.1. The Labute approximate surface area is 254 Å². The fourth-order valence-electron chi connectivity index (χ4n) is 5.08. The SMILES string of the molecule is CCCCCCCC/C=C\CCCCCCCCCC(=O)OC(CO)COC(=O)CCCCCCCCCCCC. The molecule has 5 heteroatoms. The molecule has 5 nitrogen and oxygen atoms in total. The van der Waals surface area contributed by atoms with Crippen LogP contribution in [0.2, 0.25) is 0 Å². The summed E-state index contributed by atoms with van der Waals surface area (Å²) in [6.07, 6.45) is 35.5. The molecule has 0 aliphatic heterocycles. The molecule has 0 saturated heterocycles. The van der Waals surface area contributed by atoms with Crippen molar-refractivity contribution < 1.29 is 24.2 Å². The van der Waals surface area contributed by atoms with E-state index in [0.717, 1.165) is 38.5 Å². The fourth-order valence-corrected chi connectivity index (χ4v) is 5.08. The summed E-state index contributed by atoms with van der Waals surface area (Å²) in [4.78, 5) is 24.1. The molecule has 0 aliphatic rings. The van der Waals surface area contributed by atoms with Crippen LogP contribution < -0.4 is 0 Å². The van der Waals surface area contributed by atoms with Gasteiger partial charge in [-0.25, -0.2) is 0 Å². The molecule has 1 N–H and O–H groups in total. The van der Waals surface area contributed by atoms with Gasteiger partial charge in [-0.05, 0) is 38.5 Å². The first-order chi connectivity index (χ1) is 20.1. The first kappa shape index (κ1) is 39.6. The minimum absolute atomic E-state index is 0.0624. The summed E-state index contributed by atoms with van der Waals surface area (Å²) < 4.78 is 10.5. The second kappa shape index (κ2) is 33.1. The van der Waals surface area contributed by atoms with Crippen molar-refractivity contribution in [3.05, 3.63) is 12.2 Å². The van der Waals surface area contributed by atoms with Gasteiger partial charge in [0.05, 0.1) is 6.61 Å². The number of allylic oxidation sites excluding steroid dienone is 2. The lowest BCUT2D eigenvalue weighted by molar-refractivity contribution is -0.161. The molecule has 1 atom stereocenters. The summed E-state index contributed by atoms with van der Waals surface area (Å²) in [6, 6.07) is 0. The van der Waals surface area contributed by atoms with E-state index < -0.39 is 6.10 Å². The smallest absolute Gasteiger partial charge is 0.306 e. The third-order valence-electron chi connectivity index (χ3n) is 7.81. The highest BCUT2D eigenvalue weighted by molar-refractivity contribution is 5.70. The molecule has 1 unspecified atom stereocenters. The molecule has 0 aromatic heterocycles. The van der Waals surface area contributed by atoms with E-state index in [1.807, 2.05) is 0 Å². The minimum atomic E-state index is -0.765. The average Bonchev–Trinajstić information content (AvgIpc) is 2.97. The van der Waals surface area contributed by atoms with Crippen molar-refractivity contribution in [3.8, 4) is 0 Å². The maximum Gasteiger partial charge on any atom is 0.306 e. The Morgan fingerprint density at radius 3 is 1.32 bits per heavy atom. The number of aliphatic hydroxyl groups excluding tert-OH is 1. The molecule has 0 rings (SSSR count). The van der Waals surface area contributed by atoms with Crippen molar-refractivity contribution in [2.45, 2.75) is 193 Å². The van der Waals surface area contributed by atoms with Gasteiger partial charge in [0.1, 0.15) is 6.61 Å². The molecule has 242 valence electrons. The van der Waals surface area contributed by atoms with Crippen LogP contribution in [0.25, 0.3) is 0 Å². The lowest BCUT2D eigenvalue weighted by Gasteiger charge is -2.15. The molecule has 0 spiro atoms. The van der Waals surface area contributed by atoms with Gasteiger partial charge in [-0.15, -0.1) is 0 Å². The first-order valence-corrected chi connectivity index (χ1v) is 17.7. The van der Waals surface area contributed by atoms with Gasteiger partial charge < -0.3 is 14.6 Å². The van der Waals surface area contributed by atoms with E-state index in [4.69, 9.17) is 9.47 Å². The molecule has 0 heterocycles. The van der Waals surface area contributed by atoms with Gasteiger partial charge in [-0.1, -0.05) is 148 Å². The second-order valence-corrected chi connectivity index (χ2v) is 12.0. The Balaban J connectivity index is 3.54. The van der Waals surface area contributed by atoms with Crippen LogP contribution in [-0.2, 0) is 19.1 Å². The Kier molecular flexibility index (Phi) is 32.0. The average molecular weight is 581 g/mol. The van der Waals surface area contributed by atoms with Crippen molar-refractivity contribution in [1.82, 2.24) is 0 Å². The number of ether oxygens (including phenoxy) is 2. The van der Waals surface area contributed by atoms with Gasteiger partial charge in [-0.2, -0.15) is 0 Å². The zero-order chi connectivity index (χ0) is 30.1. The highest BCUT2D eigenvalue weighted by atomic mass is 16.6. The fraction of sp³-hybridized carbons (Fsp3) is 0.889. The van der Waals surface area contributed by atoms with Crippen LogP contribution >= 0.6 is 0 Å². The number of esters is 2. The van der Waals surface area contributed by atoms with Crippen molar-refractivity contribution in [1.29, 1.82) is 0 Å². The number of carbonyl (C=O) groups excluding carboxylic acids is 2. The highest BCUT2D eigenvalue weighted by Crippen LogP contribution is 2.13. The molecule has 0 saturated carbocycles. The summed E-state index contributed by atoms with van der Waals surface area (Å²) >= 11 is 0. The van der Waals surface area contributed by atoms with E-state index in [9.17, 15) is 14.7 Å². The van der Waals surface area contributed by atoms with E-state index in [1.54, 1.807) is 0 Å². The third-order valence-corrected chi connectivity index (χ3v) is 7.81. The van der Waals surface area contributed by atoms with Crippen LogP contribution in [0.3, 0.4) is 0 Å². The third kappa shape index (κ3) is 31.4. The van der Waals surface area contributed by atoms with Crippen molar-refractivity contribution in [2.75, 3.05) is 13.2 Å². The van der Waals surface area contributed by atoms with Crippen molar-refractivity contribution >= 4 is 11.9 Å². The van der Waals surface area contributed by atoms with E-state index in [2.05, 4.69) is 26.0 Å². The molecule has 0 aromatic rings. The zero-order valence-electron chi connectivity index (χ0n) is 27.3. The Morgan fingerprint density at radius 1 is 0.537 bits per heavy atom. The highest BCUT2D eigenvalue weighted by Gasteiger charge is 2.16. The number of unbranched alkanes of at least 4 members (excludes halogenated alkanes) is 22. The maximum absolute atomic E-state index is 12.1. The van der Waals surface area contributed by atoms with Gasteiger partial charge in [0, 0.05) is 12.8 Å². The molecular weight excluding hydrogens is 512 g/mol. The largest absolute Gasteiger partial charge is 0.462 e. The van der Waals surface area contributed by atoms with Crippen LogP contribution in [0, 0.1) is 0 Å². The summed E-state index contributed by atoms with van der Waals surface area (Å²) in [6.45, 7) is 4.11. The Hall–Kier alpha value is -1.36. The van der Waals surface area contributed by atoms with Gasteiger partial charge in [-0.3, -0.25) is 9.59 Å². The molecular formula is C36H68O5. The first-order valence-electron chi connectivity index (χ1n) is 17.7. The monoisotopic (exact) mass is 581 g/mol.